The predicted molar refractivity (Wildman–Crippen MR) is 75.5 cm³/mol. The zero-order chi connectivity index (χ0) is 11.2. The van der Waals surface area contributed by atoms with Crippen LogP contribution in [-0.2, 0) is 0 Å². The number of benzene rings is 2. The highest BCUT2D eigenvalue weighted by Crippen LogP contribution is 2.32. The summed E-state index contributed by atoms with van der Waals surface area (Å²) in [6, 6.07) is 21.5. The van der Waals surface area contributed by atoms with Gasteiger partial charge < -0.3 is 9.07 Å². The van der Waals surface area contributed by atoms with Crippen LogP contribution in [-0.4, -0.2) is 23.6 Å². The van der Waals surface area contributed by atoms with E-state index in [2.05, 4.69) is 60.7 Å². The third-order valence-corrected chi connectivity index (χ3v) is 8.27. The van der Waals surface area contributed by atoms with Crippen LogP contribution in [0.5, 0.6) is 0 Å². The van der Waals surface area contributed by atoms with Crippen LogP contribution >= 0.6 is 17.0 Å². The molecule has 2 rings (SSSR count). The molecule has 0 atom stereocenters. The Morgan fingerprint density at radius 2 is 1.25 bits per heavy atom. The molecule has 0 radical (unpaired) electrons. The summed E-state index contributed by atoms with van der Waals surface area (Å²) in [6.07, 6.45) is 0. The minimum absolute atomic E-state index is 0.221. The van der Waals surface area contributed by atoms with Crippen LogP contribution in [0.15, 0.2) is 60.7 Å². The molecule has 2 aromatic rings. The van der Waals surface area contributed by atoms with E-state index in [1.165, 1.54) is 14.9 Å². The van der Waals surface area contributed by atoms with Crippen molar-refractivity contribution in [3.63, 3.8) is 0 Å². The van der Waals surface area contributed by atoms with Gasteiger partial charge in [0.25, 0.3) is 0 Å². The van der Waals surface area contributed by atoms with Gasteiger partial charge in [0, 0.05) is 0 Å². The fraction of sp³-hybridized carbons (Fsp3) is 0.0769. The Kier molecular flexibility index (Phi) is 5.12. The topological polar surface area (TPSA) is 0 Å². The first-order valence-corrected chi connectivity index (χ1v) is 10.0. The summed E-state index contributed by atoms with van der Waals surface area (Å²) in [4.78, 5) is 0. The van der Waals surface area contributed by atoms with Crippen molar-refractivity contribution < 1.29 is 0 Å². The lowest BCUT2D eigenvalue weighted by Crippen LogP contribution is -2.15. The summed E-state index contributed by atoms with van der Waals surface area (Å²) in [5.41, 5.74) is 0. The number of hydrogen-bond acceptors (Lipinski definition) is 0. The molecule has 0 unspecified atom stereocenters. The van der Waals surface area contributed by atoms with Crippen LogP contribution in [0.1, 0.15) is 0 Å². The van der Waals surface area contributed by atoms with Crippen molar-refractivity contribution in [1.29, 1.82) is 0 Å². The smallest absolute Gasteiger partial charge is 0.345 e. The summed E-state index contributed by atoms with van der Waals surface area (Å²) in [5, 5.41) is 2.88. The summed E-state index contributed by atoms with van der Waals surface area (Å²) < 4.78 is 1.19. The zero-order valence-electron chi connectivity index (χ0n) is 9.01. The molecule has 0 nitrogen and oxygen atoms in total. The van der Waals surface area contributed by atoms with Crippen molar-refractivity contribution in [1.82, 2.24) is 0 Å². The first kappa shape index (κ1) is 12.4. The maximum atomic E-state index is 6.05. The Balaban J connectivity index is 2.31. The van der Waals surface area contributed by atoms with Crippen molar-refractivity contribution in [2.45, 2.75) is 0 Å². The summed E-state index contributed by atoms with van der Waals surface area (Å²) >= 11 is -0.420. The van der Waals surface area contributed by atoms with Crippen LogP contribution in [0, 0.1) is 0 Å². The van der Waals surface area contributed by atoms with Crippen molar-refractivity contribution in [2.24, 2.45) is 0 Å². The fourth-order valence-corrected chi connectivity index (χ4v) is 7.33. The molecule has 0 N–H and O–H groups in total. The third-order valence-electron chi connectivity index (χ3n) is 2.44. The van der Waals surface area contributed by atoms with Crippen molar-refractivity contribution in [2.75, 3.05) is 4.29 Å². The minimum Gasteiger partial charge on any atom is -0.345 e. The van der Waals surface area contributed by atoms with E-state index in [-0.39, 0.29) is 7.92 Å². The number of halogens is 1. The van der Waals surface area contributed by atoms with E-state index < -0.39 is 19.3 Å². The molecule has 0 bridgehead atoms. The number of rotatable bonds is 4. The maximum Gasteiger partial charge on any atom is 0.506 e. The normalized spacial score (nSPS) is 10.1. The largest absolute Gasteiger partial charge is 0.506 e. The quantitative estimate of drug-likeness (QED) is 0.585. The van der Waals surface area contributed by atoms with Crippen LogP contribution in [0.4, 0.5) is 0 Å². The van der Waals surface area contributed by atoms with E-state index in [0.717, 1.165) is 0 Å². The second kappa shape index (κ2) is 6.61. The molecule has 0 aliphatic heterocycles. The first-order valence-electron chi connectivity index (χ1n) is 5.35. The SMILES string of the molecule is [Cl][Mg][CH2]P(c1ccccc1)c1ccccc1. The Hall–Kier alpha value is -0.0738. The molecular weight excluding hydrogens is 247 g/mol. The van der Waals surface area contributed by atoms with Gasteiger partial charge in [-0.15, -0.1) is 0 Å². The van der Waals surface area contributed by atoms with Gasteiger partial charge in [-0.05, 0) is 10.6 Å². The van der Waals surface area contributed by atoms with Crippen LogP contribution in [0.3, 0.4) is 0 Å². The fourth-order valence-electron chi connectivity index (χ4n) is 1.71. The van der Waals surface area contributed by atoms with Gasteiger partial charge >= 0.3 is 19.3 Å². The molecule has 0 amide bonds. The summed E-state index contributed by atoms with van der Waals surface area (Å²) in [6.45, 7) is 0. The molecule has 0 saturated heterocycles. The van der Waals surface area contributed by atoms with Gasteiger partial charge in [-0.2, -0.15) is 0 Å². The Morgan fingerprint density at radius 1 is 0.812 bits per heavy atom. The van der Waals surface area contributed by atoms with E-state index in [9.17, 15) is 0 Å². The van der Waals surface area contributed by atoms with Gasteiger partial charge in [0.1, 0.15) is 0 Å². The van der Waals surface area contributed by atoms with E-state index in [0.29, 0.717) is 0 Å². The highest BCUT2D eigenvalue weighted by atomic mass is 35.5. The molecule has 3 heteroatoms. The van der Waals surface area contributed by atoms with Crippen LogP contribution < -0.4 is 10.6 Å². The van der Waals surface area contributed by atoms with Crippen molar-refractivity contribution >= 4 is 46.9 Å². The summed E-state index contributed by atoms with van der Waals surface area (Å²) in [5.74, 6) is 0. The molecule has 0 aromatic heterocycles. The van der Waals surface area contributed by atoms with E-state index >= 15 is 0 Å². The summed E-state index contributed by atoms with van der Waals surface area (Å²) in [7, 11) is 5.83. The van der Waals surface area contributed by atoms with Crippen LogP contribution in [0.2, 0.25) is 0 Å². The molecule has 0 aliphatic rings. The molecule has 2 aromatic carbocycles. The van der Waals surface area contributed by atoms with Crippen molar-refractivity contribution in [3.8, 4) is 0 Å². The second-order valence-corrected chi connectivity index (χ2v) is 8.70. The third kappa shape index (κ3) is 3.21. The zero-order valence-corrected chi connectivity index (χ0v) is 12.1. The monoisotopic (exact) mass is 258 g/mol. The van der Waals surface area contributed by atoms with Gasteiger partial charge in [-0.25, -0.2) is 0 Å². The van der Waals surface area contributed by atoms with Crippen molar-refractivity contribution in [3.05, 3.63) is 60.7 Å². The lowest BCUT2D eigenvalue weighted by molar-refractivity contribution is 1.74. The molecule has 0 fully saturated rings. The standard InChI is InChI=1S/C13H12P.ClH.Mg/c1-14(12-8-4-2-5-9-12)13-10-6-3-7-11-13;;/h2-11H,1H2;1H;/q;;+1/p-1. The first-order chi connectivity index (χ1) is 7.92. The second-order valence-electron chi connectivity index (χ2n) is 3.51. The Bertz CT molecular complexity index is 379. The van der Waals surface area contributed by atoms with Gasteiger partial charge in [0.15, 0.2) is 0 Å². The van der Waals surface area contributed by atoms with Gasteiger partial charge in [0.2, 0.25) is 0 Å². The average molecular weight is 259 g/mol. The molecule has 0 spiro atoms. The van der Waals surface area contributed by atoms with E-state index in [1.54, 1.807) is 0 Å². The molecule has 0 heterocycles. The van der Waals surface area contributed by atoms with Gasteiger partial charge in [-0.3, -0.25) is 0 Å². The molecule has 0 saturated carbocycles. The molecule has 78 valence electrons. The predicted octanol–water partition coefficient (Wildman–Crippen LogP) is 2.93. The van der Waals surface area contributed by atoms with Crippen LogP contribution in [0.25, 0.3) is 0 Å². The highest BCUT2D eigenvalue weighted by Gasteiger charge is 2.12. The van der Waals surface area contributed by atoms with Gasteiger partial charge in [-0.1, -0.05) is 72.9 Å². The molecular formula is C13H12ClMgP. The lowest BCUT2D eigenvalue weighted by Gasteiger charge is -2.17. The lowest BCUT2D eigenvalue weighted by atomic mass is 10.4. The average Bonchev–Trinajstić information content (AvgIpc) is 2.38. The highest BCUT2D eigenvalue weighted by molar-refractivity contribution is 7.74. The van der Waals surface area contributed by atoms with E-state index in [1.807, 2.05) is 0 Å². The Morgan fingerprint density at radius 3 is 1.62 bits per heavy atom. The van der Waals surface area contributed by atoms with Gasteiger partial charge in [0.05, 0.1) is 0 Å². The maximum absolute atomic E-state index is 6.05. The molecule has 16 heavy (non-hydrogen) atoms. The molecule has 0 aliphatic carbocycles. The minimum atomic E-state index is -0.420. The van der Waals surface area contributed by atoms with E-state index in [4.69, 9.17) is 9.07 Å². The Labute approximate surface area is 111 Å². The number of hydrogen-bond donors (Lipinski definition) is 0.